The Balaban J connectivity index is 0.878. The number of fused-ring (bicyclic) bond motifs is 2. The van der Waals surface area contributed by atoms with E-state index in [4.69, 9.17) is 23.9 Å². The molecular weight excluding hydrogens is 793 g/mol. The Hall–Kier alpha value is -5.92. The van der Waals surface area contributed by atoms with Crippen LogP contribution >= 0.6 is 0 Å². The Morgan fingerprint density at radius 3 is 2.02 bits per heavy atom. The standard InChI is InChI=1S/C46H54N8O8/c1-26-4-11-36(53(26)43(55)39(51-45(57)59-2)28-12-16-61-17-13-28)41-48-25-35(50-41)32-9-8-30-20-27(5-7-31(30)21-32)6-10-34-24-47-42(49-34)38-23-33-22-37(33)54(38)44(56)40(52-46(58)60-3)29-14-18-62-19-15-29/h5,7-9,20-21,24-26,28-29,33,36-40H,4,11-19,22-23H2,1-3H3,(H,47,49)(H,48,50)(H,51,57)(H,52,58)/t26-,33+,36-,37+,38-,39-,40-/m0/s1. The highest BCUT2D eigenvalue weighted by Gasteiger charge is 2.56. The van der Waals surface area contributed by atoms with Crippen molar-refractivity contribution >= 4 is 34.8 Å². The van der Waals surface area contributed by atoms with Crippen LogP contribution in [0.5, 0.6) is 0 Å². The summed E-state index contributed by atoms with van der Waals surface area (Å²) in [6.07, 6.45) is 8.40. The molecule has 2 aromatic carbocycles. The van der Waals surface area contributed by atoms with Gasteiger partial charge in [-0.25, -0.2) is 19.6 Å². The Morgan fingerprint density at radius 1 is 0.726 bits per heavy atom. The van der Waals surface area contributed by atoms with E-state index in [0.717, 1.165) is 53.3 Å². The van der Waals surface area contributed by atoms with E-state index in [0.29, 0.717) is 75.4 Å². The number of likely N-dealkylation sites (tertiary alicyclic amines) is 2. The zero-order valence-corrected chi connectivity index (χ0v) is 35.4. The van der Waals surface area contributed by atoms with E-state index in [-0.39, 0.29) is 47.8 Å². The summed E-state index contributed by atoms with van der Waals surface area (Å²) in [6.45, 7) is 4.26. The molecule has 0 spiro atoms. The zero-order chi connectivity index (χ0) is 42.9. The minimum atomic E-state index is -0.707. The molecule has 5 aliphatic rings. The monoisotopic (exact) mass is 846 g/mol. The molecule has 5 fully saturated rings. The maximum absolute atomic E-state index is 14.2. The van der Waals surface area contributed by atoms with Gasteiger partial charge in [-0.3, -0.25) is 9.59 Å². The summed E-state index contributed by atoms with van der Waals surface area (Å²) in [5, 5.41) is 7.74. The number of H-pyrrole nitrogens is 2. The SMILES string of the molecule is COC(=O)N[C@H](C(=O)N1[C@@H]2C[C@@H]2C[C@H]1c1ncc(C#Cc2ccc3cc(-c4cnc([C@@H]5CC[C@H](C)N5C(=O)[C@@H](NC(=O)OC)C5CCOCC5)[nH]4)ccc3c2)[nH]1)C1CCOCC1. The minimum Gasteiger partial charge on any atom is -0.453 e. The lowest BCUT2D eigenvalue weighted by molar-refractivity contribution is -0.139. The number of nitrogens with zero attached hydrogens (tertiary/aromatic N) is 4. The van der Waals surface area contributed by atoms with Gasteiger partial charge in [-0.15, -0.1) is 0 Å². The van der Waals surface area contributed by atoms with Gasteiger partial charge in [0.15, 0.2) is 0 Å². The number of rotatable bonds is 9. The summed E-state index contributed by atoms with van der Waals surface area (Å²) in [6, 6.07) is 10.6. The molecule has 4 saturated heterocycles. The molecule has 326 valence electrons. The molecule has 16 heteroatoms. The van der Waals surface area contributed by atoms with Gasteiger partial charge in [-0.05, 0) is 111 Å². The Bertz CT molecular complexity index is 2370. The Morgan fingerprint density at radius 2 is 1.34 bits per heavy atom. The number of carbonyl (C=O) groups excluding carboxylic acids is 4. The predicted octanol–water partition coefficient (Wildman–Crippen LogP) is 5.37. The van der Waals surface area contributed by atoms with Crippen LogP contribution in [0.2, 0.25) is 0 Å². The van der Waals surface area contributed by atoms with Gasteiger partial charge in [0.2, 0.25) is 11.8 Å². The molecule has 7 atom stereocenters. The number of methoxy groups -OCH3 is 2. The van der Waals surface area contributed by atoms with Crippen molar-refractivity contribution in [1.29, 1.82) is 0 Å². The van der Waals surface area contributed by atoms with E-state index in [2.05, 4.69) is 55.6 Å². The van der Waals surface area contributed by atoms with Crippen molar-refractivity contribution < 1.29 is 38.1 Å². The van der Waals surface area contributed by atoms with E-state index in [1.165, 1.54) is 14.2 Å². The van der Waals surface area contributed by atoms with Gasteiger partial charge in [0, 0.05) is 49.6 Å². The summed E-state index contributed by atoms with van der Waals surface area (Å²) >= 11 is 0. The second-order valence-corrected chi connectivity index (χ2v) is 17.3. The molecule has 1 aliphatic carbocycles. The molecule has 4 amide bonds. The van der Waals surface area contributed by atoms with E-state index in [9.17, 15) is 19.2 Å². The minimum absolute atomic E-state index is 0.0199. The molecule has 9 rings (SSSR count). The number of hydrogen-bond acceptors (Lipinski definition) is 10. The maximum Gasteiger partial charge on any atom is 0.407 e. The molecule has 62 heavy (non-hydrogen) atoms. The topological polar surface area (TPSA) is 193 Å². The van der Waals surface area contributed by atoms with Gasteiger partial charge < -0.3 is 49.3 Å². The number of aromatic amines is 2. The fraction of sp³-hybridized carbons (Fsp3) is 0.522. The lowest BCUT2D eigenvalue weighted by Gasteiger charge is -2.36. The van der Waals surface area contributed by atoms with Crippen LogP contribution in [0.15, 0.2) is 48.8 Å². The molecular formula is C46H54N8O8. The first-order valence-corrected chi connectivity index (χ1v) is 21.8. The molecule has 0 unspecified atom stereocenters. The van der Waals surface area contributed by atoms with Crippen molar-refractivity contribution in [1.82, 2.24) is 40.4 Å². The number of piperidine rings is 1. The van der Waals surface area contributed by atoms with Crippen LogP contribution in [0.3, 0.4) is 0 Å². The second kappa shape index (κ2) is 17.8. The fourth-order valence-electron chi connectivity index (χ4n) is 10.0. The summed E-state index contributed by atoms with van der Waals surface area (Å²) in [5.41, 5.74) is 3.31. The van der Waals surface area contributed by atoms with Crippen molar-refractivity contribution in [3.63, 3.8) is 0 Å². The van der Waals surface area contributed by atoms with Crippen molar-refractivity contribution in [2.75, 3.05) is 40.6 Å². The van der Waals surface area contributed by atoms with Crippen LogP contribution in [-0.2, 0) is 28.5 Å². The largest absolute Gasteiger partial charge is 0.453 e. The fourth-order valence-corrected chi connectivity index (χ4v) is 10.0. The number of hydrogen-bond donors (Lipinski definition) is 4. The van der Waals surface area contributed by atoms with Crippen molar-refractivity contribution in [3.05, 3.63) is 71.7 Å². The summed E-state index contributed by atoms with van der Waals surface area (Å²) < 4.78 is 20.9. The van der Waals surface area contributed by atoms with Crippen LogP contribution in [-0.4, -0.2) is 119 Å². The Labute approximate surface area is 360 Å². The summed E-state index contributed by atoms with van der Waals surface area (Å²) in [7, 11) is 2.62. The van der Waals surface area contributed by atoms with E-state index >= 15 is 0 Å². The highest BCUT2D eigenvalue weighted by Crippen LogP contribution is 2.53. The van der Waals surface area contributed by atoms with Crippen LogP contribution in [0, 0.1) is 29.6 Å². The van der Waals surface area contributed by atoms with E-state index < -0.39 is 24.3 Å². The van der Waals surface area contributed by atoms with Crippen LogP contribution in [0.1, 0.15) is 93.3 Å². The van der Waals surface area contributed by atoms with Gasteiger partial charge in [0.1, 0.15) is 29.4 Å². The molecule has 4 aromatic rings. The smallest absolute Gasteiger partial charge is 0.407 e. The highest BCUT2D eigenvalue weighted by atomic mass is 16.5. The normalized spacial score (nSPS) is 24.7. The van der Waals surface area contributed by atoms with Gasteiger partial charge >= 0.3 is 12.2 Å². The first-order valence-electron chi connectivity index (χ1n) is 21.8. The number of alkyl carbamates (subject to hydrolysis) is 2. The predicted molar refractivity (Wildman–Crippen MR) is 226 cm³/mol. The van der Waals surface area contributed by atoms with Crippen molar-refractivity contribution in [2.45, 2.75) is 94.5 Å². The molecule has 1 saturated carbocycles. The first kappa shape index (κ1) is 41.4. The number of ether oxygens (including phenoxy) is 4. The van der Waals surface area contributed by atoms with Gasteiger partial charge in [0.05, 0.1) is 44.4 Å². The Kier molecular flexibility index (Phi) is 11.9. The summed E-state index contributed by atoms with van der Waals surface area (Å²) in [5.74, 6) is 8.04. The van der Waals surface area contributed by atoms with E-state index in [1.54, 1.807) is 6.20 Å². The van der Waals surface area contributed by atoms with Gasteiger partial charge in [-0.1, -0.05) is 24.1 Å². The highest BCUT2D eigenvalue weighted by molar-refractivity contribution is 5.89. The van der Waals surface area contributed by atoms with Crippen LogP contribution in [0.25, 0.3) is 22.0 Å². The number of imidazole rings is 2. The van der Waals surface area contributed by atoms with E-state index in [1.807, 2.05) is 41.1 Å². The average molecular weight is 847 g/mol. The number of nitrogens with one attached hydrogen (secondary N) is 4. The molecule has 4 N–H and O–H groups in total. The lowest BCUT2D eigenvalue weighted by atomic mass is 9.90. The molecule has 16 nitrogen and oxygen atoms in total. The molecule has 2 aromatic heterocycles. The van der Waals surface area contributed by atoms with Crippen molar-refractivity contribution in [2.24, 2.45) is 17.8 Å². The molecule has 4 aliphatic heterocycles. The van der Waals surface area contributed by atoms with Gasteiger partial charge in [-0.2, -0.15) is 0 Å². The number of benzene rings is 2. The first-order chi connectivity index (χ1) is 30.2. The van der Waals surface area contributed by atoms with Crippen LogP contribution < -0.4 is 10.6 Å². The quantitative estimate of drug-likeness (QED) is 0.159. The maximum atomic E-state index is 14.2. The molecule has 0 radical (unpaired) electrons. The number of aromatic nitrogens is 4. The van der Waals surface area contributed by atoms with Crippen molar-refractivity contribution in [3.8, 4) is 23.1 Å². The third-order valence-corrected chi connectivity index (χ3v) is 13.5. The molecule has 6 heterocycles. The number of amides is 4. The van der Waals surface area contributed by atoms with Gasteiger partial charge in [0.25, 0.3) is 0 Å². The second-order valence-electron chi connectivity index (χ2n) is 17.3. The zero-order valence-electron chi connectivity index (χ0n) is 35.4. The third kappa shape index (κ3) is 8.48. The lowest BCUT2D eigenvalue weighted by Crippen LogP contribution is -2.54. The van der Waals surface area contributed by atoms with Crippen LogP contribution in [0.4, 0.5) is 9.59 Å². The average Bonchev–Trinajstić information content (AvgIpc) is 3.77. The number of carbonyl (C=O) groups is 4. The third-order valence-electron chi connectivity index (χ3n) is 13.5. The summed E-state index contributed by atoms with van der Waals surface area (Å²) in [4.78, 5) is 73.2. The molecule has 0 bridgehead atoms.